The Labute approximate surface area is 437 Å². The molecule has 6 N–H and O–H groups in total. The van der Waals surface area contributed by atoms with E-state index in [2.05, 4.69) is 260 Å². The largest absolute Gasteiger partial charge is 0.399 e. The highest BCUT2D eigenvalue weighted by atomic mass is 15.0. The molecule has 0 amide bonds. The third-order valence-corrected chi connectivity index (χ3v) is 12.9. The molecule has 9 aromatic rings. The van der Waals surface area contributed by atoms with Crippen LogP contribution in [0.4, 0.5) is 11.4 Å². The molecule has 0 aromatic heterocycles. The van der Waals surface area contributed by atoms with E-state index in [0.29, 0.717) is 0 Å². The van der Waals surface area contributed by atoms with E-state index in [4.69, 9.17) is 10.7 Å². The molecule has 1 unspecified atom stereocenters. The normalized spacial score (nSPS) is 13.1. The molecular weight excluding hydrogens is 897 g/mol. The quantitative estimate of drug-likeness (QED) is 0.0466. The molecule has 0 radical (unpaired) electrons. The molecule has 4 heteroatoms. The minimum Gasteiger partial charge on any atom is -0.399 e. The van der Waals surface area contributed by atoms with E-state index >= 15 is 0 Å². The number of hydrazine groups is 1. The molecular formula is C70H62N4. The van der Waals surface area contributed by atoms with E-state index in [-0.39, 0.29) is 0 Å². The molecule has 0 heterocycles. The second-order valence-electron chi connectivity index (χ2n) is 17.6. The Morgan fingerprint density at radius 1 is 0.392 bits per heavy atom. The molecule has 362 valence electrons. The van der Waals surface area contributed by atoms with Crippen LogP contribution in [-0.4, -0.2) is 6.21 Å². The molecule has 74 heavy (non-hydrogen) atoms. The van der Waals surface area contributed by atoms with Crippen LogP contribution in [0.25, 0.3) is 43.8 Å². The van der Waals surface area contributed by atoms with Gasteiger partial charge in [-0.15, -0.1) is 0 Å². The number of hydrogen-bond acceptors (Lipinski definition) is 4. The van der Waals surface area contributed by atoms with Crippen molar-refractivity contribution < 1.29 is 0 Å². The zero-order valence-electron chi connectivity index (χ0n) is 41.8. The van der Waals surface area contributed by atoms with Crippen LogP contribution >= 0.6 is 0 Å². The lowest BCUT2D eigenvalue weighted by molar-refractivity contribution is 0.772. The molecule has 1 atom stereocenters. The van der Waals surface area contributed by atoms with Crippen molar-refractivity contribution in [2.24, 2.45) is 16.7 Å². The molecule has 0 fully saturated rings. The maximum absolute atomic E-state index is 5.36. The molecule has 1 aliphatic carbocycles. The third-order valence-electron chi connectivity index (χ3n) is 12.9. The van der Waals surface area contributed by atoms with E-state index in [0.717, 1.165) is 34.1 Å². The number of fused-ring (bicyclic) bond motifs is 5. The molecule has 0 saturated heterocycles. The topological polar surface area (TPSA) is 90.4 Å². The van der Waals surface area contributed by atoms with Crippen LogP contribution in [0, 0.1) is 0 Å². The number of para-hydroxylation sites is 1. The molecule has 0 aliphatic heterocycles. The fraction of sp³-hybridized carbons (Fsp3) is 0.0429. The second-order valence-corrected chi connectivity index (χ2v) is 17.6. The van der Waals surface area contributed by atoms with Gasteiger partial charge in [0.1, 0.15) is 0 Å². The number of nitrogens with zero attached hydrogens (tertiary/aromatic N) is 1. The van der Waals surface area contributed by atoms with Gasteiger partial charge in [-0.25, -0.2) is 0 Å². The minimum atomic E-state index is -0.731. The van der Waals surface area contributed by atoms with Gasteiger partial charge in [-0.3, -0.25) is 16.7 Å². The Bertz CT molecular complexity index is 3580. The molecule has 0 spiro atoms. The van der Waals surface area contributed by atoms with Crippen LogP contribution in [0.5, 0.6) is 0 Å². The van der Waals surface area contributed by atoms with Crippen LogP contribution < -0.4 is 17.4 Å². The van der Waals surface area contributed by atoms with E-state index in [1.807, 2.05) is 67.8 Å². The summed E-state index contributed by atoms with van der Waals surface area (Å²) < 4.78 is 0. The third kappa shape index (κ3) is 12.3. The molecule has 9 aromatic carbocycles. The van der Waals surface area contributed by atoms with Gasteiger partial charge < -0.3 is 5.73 Å². The number of hydrogen-bond donors (Lipinski definition) is 3. The van der Waals surface area contributed by atoms with Gasteiger partial charge >= 0.3 is 0 Å². The lowest BCUT2D eigenvalue weighted by Gasteiger charge is -2.35. The highest BCUT2D eigenvalue weighted by molar-refractivity contribution is 5.99. The first kappa shape index (κ1) is 51.2. The van der Waals surface area contributed by atoms with E-state index in [1.165, 1.54) is 60.8 Å². The zero-order chi connectivity index (χ0) is 51.2. The smallest absolute Gasteiger partial charge is 0.0755 e. The minimum absolute atomic E-state index is 0.731. The van der Waals surface area contributed by atoms with Gasteiger partial charge in [-0.1, -0.05) is 279 Å². The predicted octanol–water partition coefficient (Wildman–Crippen LogP) is 16.9. The van der Waals surface area contributed by atoms with Gasteiger partial charge in [0.25, 0.3) is 0 Å². The Kier molecular flexibility index (Phi) is 18.2. The van der Waals surface area contributed by atoms with Gasteiger partial charge in [-0.2, -0.15) is 0 Å². The summed E-state index contributed by atoms with van der Waals surface area (Å²) >= 11 is 0. The van der Waals surface area contributed by atoms with Gasteiger partial charge in [0, 0.05) is 17.3 Å². The first-order chi connectivity index (χ1) is 36.6. The van der Waals surface area contributed by atoms with Crippen molar-refractivity contribution in [1.29, 1.82) is 0 Å². The van der Waals surface area contributed by atoms with Crippen molar-refractivity contribution in [3.63, 3.8) is 0 Å². The number of nitrogens with two attached hydrogens (primary N) is 3. The van der Waals surface area contributed by atoms with E-state index in [9.17, 15) is 0 Å². The summed E-state index contributed by atoms with van der Waals surface area (Å²) in [7, 11) is 0. The summed E-state index contributed by atoms with van der Waals surface area (Å²) in [5, 5.41) is 4.66. The van der Waals surface area contributed by atoms with Crippen molar-refractivity contribution in [2.45, 2.75) is 18.8 Å². The summed E-state index contributed by atoms with van der Waals surface area (Å²) in [6, 6.07) is 99.1. The second kappa shape index (κ2) is 26.3. The fourth-order valence-corrected chi connectivity index (χ4v) is 9.57. The maximum atomic E-state index is 5.36. The Balaban J connectivity index is 0.000000741. The number of aliphatic imine (C=N–C) groups is 1. The summed E-state index contributed by atoms with van der Waals surface area (Å²) in [5.41, 5.74) is 18.4. The highest BCUT2D eigenvalue weighted by Crippen LogP contribution is 2.58. The lowest BCUT2D eigenvalue weighted by atomic mass is 9.66. The van der Waals surface area contributed by atoms with Gasteiger partial charge in [-0.05, 0) is 109 Å². The number of allylic oxidation sites excluding steroid dienone is 4. The number of nitrogen functional groups attached to an aromatic ring is 1. The standard InChI is InChI=1S/C64H51N.C6H7N.H4N2/c1-2-3-4-25-46-65-63-57-33-22-21-31-54(57)43-45-62(63)64(56-44-42-52-30-19-20-32-55(52)48-56)60-36-18-11-10-14-27-49(47-50-38-40-53(41-39-50)51-28-15-12-16-29-51)26-13-8-6-5-7-9-17-34-58(60)59-35-23-24-37-61(59)64;7-6-4-2-1-3-5-6;1-2/h2-46,48H,47H2,1H3;1-5H,7H2;1-2H2/b3-2-,6-5?,7-5?,8-6?,9-7?,11-10?,13-8?,14-10?,17-9?,18-11?,25-4-,26-13?,27-14?,34-17?,36-18?,49-26?,49-27?,58-34?,60-36?,65-46?;;. The molecule has 0 saturated carbocycles. The highest BCUT2D eigenvalue weighted by Gasteiger charge is 2.47. The lowest BCUT2D eigenvalue weighted by Crippen LogP contribution is -2.28. The Hall–Kier alpha value is -9.19. The number of anilines is 1. The maximum Gasteiger partial charge on any atom is 0.0755 e. The SMILES string of the molecule is C/C=C\C=C/C=Nc1c(C2(c3ccc4ccccc4c3)c3ccccccc(Cc4ccc(-c5ccccc5)cc4)cccccccccc3-c3ccccc32)ccc2ccccc12.NN.Nc1ccccc1. The molecule has 10 rings (SSSR count). The van der Waals surface area contributed by atoms with Crippen molar-refractivity contribution in [3.8, 4) is 22.3 Å². The number of benzene rings is 8. The van der Waals surface area contributed by atoms with Crippen molar-refractivity contribution >= 4 is 39.1 Å². The van der Waals surface area contributed by atoms with Crippen molar-refractivity contribution in [2.75, 3.05) is 5.73 Å². The van der Waals surface area contributed by atoms with Gasteiger partial charge in [0.05, 0.1) is 11.1 Å². The Morgan fingerprint density at radius 3 is 1.50 bits per heavy atom. The first-order valence-corrected chi connectivity index (χ1v) is 25.0. The van der Waals surface area contributed by atoms with Crippen LogP contribution in [0.15, 0.2) is 308 Å². The van der Waals surface area contributed by atoms with Crippen LogP contribution in [0.2, 0.25) is 0 Å². The molecule has 0 bridgehead atoms. The fourth-order valence-electron chi connectivity index (χ4n) is 9.57. The molecule has 1 aliphatic rings. The molecule has 4 nitrogen and oxygen atoms in total. The average Bonchev–Trinajstić information content (AvgIpc) is 3.73. The Morgan fingerprint density at radius 2 is 0.865 bits per heavy atom. The average molecular weight is 959 g/mol. The van der Waals surface area contributed by atoms with E-state index < -0.39 is 5.41 Å². The predicted molar refractivity (Wildman–Crippen MR) is 318 cm³/mol. The van der Waals surface area contributed by atoms with Crippen LogP contribution in [-0.2, 0) is 11.8 Å². The number of rotatable bonds is 8. The summed E-state index contributed by atoms with van der Waals surface area (Å²) in [4.78, 5) is 5.35. The van der Waals surface area contributed by atoms with E-state index in [1.54, 1.807) is 0 Å². The van der Waals surface area contributed by atoms with Crippen molar-refractivity contribution in [3.05, 3.63) is 337 Å². The van der Waals surface area contributed by atoms with Crippen LogP contribution in [0.3, 0.4) is 0 Å². The summed E-state index contributed by atoms with van der Waals surface area (Å²) in [5.74, 6) is 8.00. The van der Waals surface area contributed by atoms with Crippen LogP contribution in [0.1, 0.15) is 40.3 Å². The summed E-state index contributed by atoms with van der Waals surface area (Å²) in [6.45, 7) is 2.02. The van der Waals surface area contributed by atoms with Gasteiger partial charge in [0.2, 0.25) is 0 Å². The van der Waals surface area contributed by atoms with Crippen molar-refractivity contribution in [1.82, 2.24) is 0 Å². The summed E-state index contributed by atoms with van der Waals surface area (Å²) in [6.07, 6.45) is 10.8. The monoisotopic (exact) mass is 958 g/mol. The zero-order valence-corrected chi connectivity index (χ0v) is 41.8. The van der Waals surface area contributed by atoms with Gasteiger partial charge in [0.15, 0.2) is 0 Å². The first-order valence-electron chi connectivity index (χ1n) is 25.0.